The van der Waals surface area contributed by atoms with Crippen molar-refractivity contribution in [1.82, 2.24) is 5.32 Å². The van der Waals surface area contributed by atoms with Gasteiger partial charge in [0.25, 0.3) is 5.91 Å². The molecule has 1 aliphatic heterocycles. The van der Waals surface area contributed by atoms with E-state index in [-0.39, 0.29) is 30.5 Å². The molecule has 1 amide bonds. The second-order valence-electron chi connectivity index (χ2n) is 6.66. The molecule has 0 aromatic rings. The third kappa shape index (κ3) is 6.40. The summed E-state index contributed by atoms with van der Waals surface area (Å²) in [5, 5.41) is 2.68. The minimum absolute atomic E-state index is 0.0668. The number of esters is 3. The Bertz CT molecular complexity index is 712. The van der Waals surface area contributed by atoms with Gasteiger partial charge in [0.15, 0.2) is 6.61 Å². The first kappa shape index (κ1) is 24.3. The van der Waals surface area contributed by atoms with Gasteiger partial charge in [-0.3, -0.25) is 19.4 Å². The molecule has 0 fully saturated rings. The standard InChI is InChI=1S/C20H30N2O7/c1-7-11(4)21-14(23)10-29-20(26)17-15(18(24)27-8-2)12(5)22-13(6)16(17)19(25)28-9-3/h11,15,17H,7-10H2,1-6H3,(H,21,23)/t11-,15?,17-/m0/s1. The maximum Gasteiger partial charge on any atom is 0.336 e. The molecule has 1 N–H and O–H groups in total. The summed E-state index contributed by atoms with van der Waals surface area (Å²) in [5.74, 6) is -5.26. The molecular formula is C20H30N2O7. The van der Waals surface area contributed by atoms with Gasteiger partial charge in [-0.1, -0.05) is 6.92 Å². The van der Waals surface area contributed by atoms with Crippen molar-refractivity contribution in [3.63, 3.8) is 0 Å². The lowest BCUT2D eigenvalue weighted by molar-refractivity contribution is -0.159. The highest BCUT2D eigenvalue weighted by molar-refractivity contribution is 6.10. The van der Waals surface area contributed by atoms with Gasteiger partial charge in [-0.05, 0) is 41.0 Å². The average molecular weight is 410 g/mol. The van der Waals surface area contributed by atoms with Crippen molar-refractivity contribution in [1.29, 1.82) is 0 Å². The van der Waals surface area contributed by atoms with Crippen LogP contribution in [0.2, 0.25) is 0 Å². The fraction of sp³-hybridized carbons (Fsp3) is 0.650. The Labute approximate surface area is 170 Å². The first-order valence-electron chi connectivity index (χ1n) is 9.73. The average Bonchev–Trinajstić information content (AvgIpc) is 2.65. The number of rotatable bonds is 9. The monoisotopic (exact) mass is 410 g/mol. The maximum atomic E-state index is 12.9. The summed E-state index contributed by atoms with van der Waals surface area (Å²) in [4.78, 5) is 54.1. The van der Waals surface area contributed by atoms with Crippen molar-refractivity contribution in [3.05, 3.63) is 11.3 Å². The Morgan fingerprint density at radius 1 is 0.966 bits per heavy atom. The number of allylic oxidation sites excluding steroid dienone is 1. The minimum Gasteiger partial charge on any atom is -0.465 e. The fourth-order valence-electron chi connectivity index (χ4n) is 2.95. The Morgan fingerprint density at radius 2 is 1.55 bits per heavy atom. The number of hydrogen-bond donors (Lipinski definition) is 1. The maximum absolute atomic E-state index is 12.9. The van der Waals surface area contributed by atoms with Gasteiger partial charge in [-0.15, -0.1) is 0 Å². The number of carbonyl (C=O) groups excluding carboxylic acids is 4. The zero-order valence-electron chi connectivity index (χ0n) is 17.9. The molecule has 0 aromatic heterocycles. The second kappa shape index (κ2) is 11.3. The summed E-state index contributed by atoms with van der Waals surface area (Å²) in [6.07, 6.45) is 0.720. The Balaban J connectivity index is 3.18. The topological polar surface area (TPSA) is 120 Å². The second-order valence-corrected chi connectivity index (χ2v) is 6.66. The van der Waals surface area contributed by atoms with Crippen LogP contribution >= 0.6 is 0 Å². The van der Waals surface area contributed by atoms with Crippen LogP contribution in [0.4, 0.5) is 0 Å². The first-order chi connectivity index (χ1) is 13.7. The Morgan fingerprint density at radius 3 is 2.10 bits per heavy atom. The van der Waals surface area contributed by atoms with Gasteiger partial charge < -0.3 is 19.5 Å². The van der Waals surface area contributed by atoms with E-state index in [1.54, 1.807) is 27.7 Å². The first-order valence-corrected chi connectivity index (χ1v) is 9.73. The number of hydrogen-bond acceptors (Lipinski definition) is 8. The van der Waals surface area contributed by atoms with E-state index in [1.165, 1.54) is 0 Å². The van der Waals surface area contributed by atoms with Crippen LogP contribution in [0.25, 0.3) is 0 Å². The Kier molecular flexibility index (Phi) is 9.50. The van der Waals surface area contributed by atoms with Gasteiger partial charge in [-0.2, -0.15) is 0 Å². The predicted molar refractivity (Wildman–Crippen MR) is 105 cm³/mol. The largest absolute Gasteiger partial charge is 0.465 e. The van der Waals surface area contributed by atoms with E-state index < -0.39 is 42.3 Å². The number of nitrogens with one attached hydrogen (secondary N) is 1. The zero-order valence-corrected chi connectivity index (χ0v) is 17.9. The third-order valence-corrected chi connectivity index (χ3v) is 4.48. The lowest BCUT2D eigenvalue weighted by Crippen LogP contribution is -2.43. The number of amides is 1. The third-order valence-electron chi connectivity index (χ3n) is 4.48. The number of nitrogens with zero attached hydrogens (tertiary/aromatic N) is 1. The molecule has 0 saturated carbocycles. The van der Waals surface area contributed by atoms with Gasteiger partial charge in [0, 0.05) is 17.5 Å². The van der Waals surface area contributed by atoms with Crippen LogP contribution in [0.5, 0.6) is 0 Å². The molecule has 9 heteroatoms. The molecule has 162 valence electrons. The van der Waals surface area contributed by atoms with Crippen LogP contribution in [0, 0.1) is 11.8 Å². The van der Waals surface area contributed by atoms with Crippen molar-refractivity contribution in [3.8, 4) is 0 Å². The van der Waals surface area contributed by atoms with Crippen molar-refractivity contribution in [2.24, 2.45) is 16.8 Å². The number of carbonyl (C=O) groups is 4. The molecule has 29 heavy (non-hydrogen) atoms. The summed E-state index contributed by atoms with van der Waals surface area (Å²) in [7, 11) is 0. The number of ether oxygens (including phenoxy) is 3. The van der Waals surface area contributed by atoms with E-state index in [0.29, 0.717) is 5.71 Å². The SMILES string of the molecule is CCOC(=O)C1=C(C)N=C(C)C(C(=O)OCC)[C@@H]1C(=O)OCC(=O)N[C@@H](C)CC. The number of aliphatic imine (C=N–C) groups is 1. The van der Waals surface area contributed by atoms with E-state index in [4.69, 9.17) is 14.2 Å². The summed E-state index contributed by atoms with van der Waals surface area (Å²) in [5.41, 5.74) is 0.510. The molecule has 0 spiro atoms. The van der Waals surface area contributed by atoms with Gasteiger partial charge in [0.1, 0.15) is 11.8 Å². The van der Waals surface area contributed by atoms with Crippen molar-refractivity contribution in [2.45, 2.75) is 54.0 Å². The van der Waals surface area contributed by atoms with E-state index in [1.807, 2.05) is 13.8 Å². The van der Waals surface area contributed by atoms with Gasteiger partial charge in [0.2, 0.25) is 0 Å². The van der Waals surface area contributed by atoms with Crippen molar-refractivity contribution in [2.75, 3.05) is 19.8 Å². The smallest absolute Gasteiger partial charge is 0.336 e. The molecule has 1 aliphatic rings. The van der Waals surface area contributed by atoms with Gasteiger partial charge >= 0.3 is 17.9 Å². The van der Waals surface area contributed by atoms with E-state index in [0.717, 1.165) is 6.42 Å². The fourth-order valence-corrected chi connectivity index (χ4v) is 2.95. The van der Waals surface area contributed by atoms with Crippen LogP contribution in [-0.4, -0.2) is 55.4 Å². The van der Waals surface area contributed by atoms with E-state index >= 15 is 0 Å². The van der Waals surface area contributed by atoms with Crippen molar-refractivity contribution >= 4 is 29.5 Å². The highest BCUT2D eigenvalue weighted by atomic mass is 16.5. The molecule has 0 bridgehead atoms. The molecule has 0 saturated heterocycles. The van der Waals surface area contributed by atoms with Crippen LogP contribution in [-0.2, 0) is 33.4 Å². The molecule has 0 aliphatic carbocycles. The van der Waals surface area contributed by atoms with Gasteiger partial charge in [-0.25, -0.2) is 4.79 Å². The molecule has 0 aromatic carbocycles. The summed E-state index contributed by atoms with van der Waals surface area (Å²) < 4.78 is 15.3. The van der Waals surface area contributed by atoms with Crippen LogP contribution in [0.1, 0.15) is 48.0 Å². The van der Waals surface area contributed by atoms with Crippen LogP contribution < -0.4 is 5.32 Å². The molecular weight excluding hydrogens is 380 g/mol. The lowest BCUT2D eigenvalue weighted by Gasteiger charge is -2.29. The molecule has 1 rings (SSSR count). The summed E-state index contributed by atoms with van der Waals surface area (Å²) in [6.45, 7) is 9.76. The van der Waals surface area contributed by atoms with Gasteiger partial charge in [0.05, 0.1) is 18.8 Å². The predicted octanol–water partition coefficient (Wildman–Crippen LogP) is 1.55. The van der Waals surface area contributed by atoms with Crippen molar-refractivity contribution < 1.29 is 33.4 Å². The molecule has 1 unspecified atom stereocenters. The lowest BCUT2D eigenvalue weighted by atomic mass is 9.79. The highest BCUT2D eigenvalue weighted by Gasteiger charge is 2.46. The molecule has 9 nitrogen and oxygen atoms in total. The normalized spacial score (nSPS) is 19.7. The van der Waals surface area contributed by atoms with Crippen LogP contribution in [0.15, 0.2) is 16.3 Å². The summed E-state index contributed by atoms with van der Waals surface area (Å²) >= 11 is 0. The van der Waals surface area contributed by atoms with E-state index in [9.17, 15) is 19.2 Å². The molecule has 1 heterocycles. The minimum atomic E-state index is -1.30. The van der Waals surface area contributed by atoms with E-state index in [2.05, 4.69) is 10.3 Å². The molecule has 0 radical (unpaired) electrons. The van der Waals surface area contributed by atoms with Crippen LogP contribution in [0.3, 0.4) is 0 Å². The quantitative estimate of drug-likeness (QED) is 0.452. The zero-order chi connectivity index (χ0) is 22.1. The Hall–Kier alpha value is -2.71. The molecule has 3 atom stereocenters. The summed E-state index contributed by atoms with van der Waals surface area (Å²) in [6, 6.07) is -0.0743. The highest BCUT2D eigenvalue weighted by Crippen LogP contribution is 2.33.